The van der Waals surface area contributed by atoms with Gasteiger partial charge in [-0.2, -0.15) is 5.26 Å². The number of thiophene rings is 1. The SMILES string of the molecule is CN1C(=O)C(c2cc(-c3cccc(C#N)c3)cs2)(C2CC2)N=C1N. The molecule has 6 heteroatoms. The topological polar surface area (TPSA) is 82.5 Å². The molecule has 2 aliphatic rings. The van der Waals surface area contributed by atoms with Crippen LogP contribution in [0.3, 0.4) is 0 Å². The molecular weight excluding hydrogens is 320 g/mol. The number of carbonyl (C=O) groups is 1. The minimum Gasteiger partial charge on any atom is -0.369 e. The molecule has 1 aliphatic carbocycles. The van der Waals surface area contributed by atoms with Crippen molar-refractivity contribution in [2.45, 2.75) is 18.4 Å². The van der Waals surface area contributed by atoms with Crippen molar-refractivity contribution >= 4 is 23.2 Å². The highest BCUT2D eigenvalue weighted by molar-refractivity contribution is 7.10. The number of likely N-dealkylation sites (N-methyl/N-ethyl adjacent to an activating group) is 1. The molecule has 0 bridgehead atoms. The van der Waals surface area contributed by atoms with Crippen LogP contribution in [0.4, 0.5) is 0 Å². The van der Waals surface area contributed by atoms with Crippen LogP contribution in [-0.2, 0) is 10.3 Å². The molecule has 1 atom stereocenters. The van der Waals surface area contributed by atoms with Gasteiger partial charge in [0.15, 0.2) is 11.5 Å². The summed E-state index contributed by atoms with van der Waals surface area (Å²) >= 11 is 1.54. The summed E-state index contributed by atoms with van der Waals surface area (Å²) in [6, 6.07) is 11.7. The molecule has 1 unspecified atom stereocenters. The number of nitriles is 1. The Labute approximate surface area is 144 Å². The molecule has 1 aromatic heterocycles. The largest absolute Gasteiger partial charge is 0.369 e. The number of hydrogen-bond donors (Lipinski definition) is 1. The fraction of sp³-hybridized carbons (Fsp3) is 0.278. The second-order valence-corrected chi connectivity index (χ2v) is 7.18. The highest BCUT2D eigenvalue weighted by atomic mass is 32.1. The number of nitrogens with zero attached hydrogens (tertiary/aromatic N) is 3. The Kier molecular flexibility index (Phi) is 3.22. The smallest absolute Gasteiger partial charge is 0.262 e. The standard InChI is InChI=1S/C18H16N4OS/c1-22-16(23)18(14-5-6-14,21-17(22)20)15-8-13(10-24-15)12-4-2-3-11(7-12)9-19/h2-4,7-8,10,14H,5-6H2,1H3,(H2,20,21). The quantitative estimate of drug-likeness (QED) is 0.935. The Morgan fingerprint density at radius 2 is 2.17 bits per heavy atom. The molecule has 1 saturated carbocycles. The number of hydrogen-bond acceptors (Lipinski definition) is 5. The molecule has 1 aliphatic heterocycles. The molecule has 1 aromatic carbocycles. The number of carbonyl (C=O) groups excluding carboxylic acids is 1. The van der Waals surface area contributed by atoms with E-state index in [2.05, 4.69) is 11.1 Å². The summed E-state index contributed by atoms with van der Waals surface area (Å²) < 4.78 is 0. The molecule has 2 N–H and O–H groups in total. The molecule has 24 heavy (non-hydrogen) atoms. The lowest BCUT2D eigenvalue weighted by molar-refractivity contribution is -0.131. The van der Waals surface area contributed by atoms with Gasteiger partial charge in [0.05, 0.1) is 11.6 Å². The van der Waals surface area contributed by atoms with Crippen LogP contribution in [0, 0.1) is 17.2 Å². The van der Waals surface area contributed by atoms with Crippen molar-refractivity contribution in [1.29, 1.82) is 5.26 Å². The second kappa shape index (κ2) is 5.18. The van der Waals surface area contributed by atoms with Crippen molar-refractivity contribution in [2.75, 3.05) is 7.05 Å². The van der Waals surface area contributed by atoms with Crippen LogP contribution in [0.25, 0.3) is 11.1 Å². The summed E-state index contributed by atoms with van der Waals surface area (Å²) in [5.74, 6) is 0.473. The van der Waals surface area contributed by atoms with E-state index >= 15 is 0 Å². The Balaban J connectivity index is 1.79. The van der Waals surface area contributed by atoms with E-state index in [0.717, 1.165) is 28.8 Å². The normalized spacial score (nSPS) is 23.2. The maximum Gasteiger partial charge on any atom is 0.262 e. The van der Waals surface area contributed by atoms with Crippen LogP contribution < -0.4 is 5.73 Å². The van der Waals surface area contributed by atoms with Crippen molar-refractivity contribution < 1.29 is 4.79 Å². The molecule has 0 saturated heterocycles. The summed E-state index contributed by atoms with van der Waals surface area (Å²) in [7, 11) is 1.68. The molecule has 5 nitrogen and oxygen atoms in total. The van der Waals surface area contributed by atoms with Crippen LogP contribution in [0.1, 0.15) is 23.3 Å². The predicted octanol–water partition coefficient (Wildman–Crippen LogP) is 2.68. The highest BCUT2D eigenvalue weighted by Crippen LogP contribution is 2.53. The zero-order valence-corrected chi connectivity index (χ0v) is 14.0. The molecule has 4 rings (SSSR count). The van der Waals surface area contributed by atoms with Gasteiger partial charge >= 0.3 is 0 Å². The molecule has 0 radical (unpaired) electrons. The fourth-order valence-corrected chi connectivity index (χ4v) is 4.38. The summed E-state index contributed by atoms with van der Waals surface area (Å²) in [4.78, 5) is 19.8. The highest BCUT2D eigenvalue weighted by Gasteiger charge is 2.58. The second-order valence-electron chi connectivity index (χ2n) is 6.27. The van der Waals surface area contributed by atoms with Crippen LogP contribution in [0.2, 0.25) is 0 Å². The van der Waals surface area contributed by atoms with Gasteiger partial charge in [0.1, 0.15) is 0 Å². The van der Waals surface area contributed by atoms with E-state index in [-0.39, 0.29) is 17.8 Å². The maximum absolute atomic E-state index is 12.9. The van der Waals surface area contributed by atoms with E-state index in [1.54, 1.807) is 13.1 Å². The van der Waals surface area contributed by atoms with E-state index in [4.69, 9.17) is 11.0 Å². The van der Waals surface area contributed by atoms with Gasteiger partial charge in [-0.25, -0.2) is 4.99 Å². The van der Waals surface area contributed by atoms with Crippen LogP contribution in [0.5, 0.6) is 0 Å². The summed E-state index contributed by atoms with van der Waals surface area (Å²) in [6.45, 7) is 0. The Morgan fingerprint density at radius 1 is 1.38 bits per heavy atom. The molecule has 2 heterocycles. The molecule has 1 fully saturated rings. The minimum atomic E-state index is -0.853. The number of rotatable bonds is 3. The van der Waals surface area contributed by atoms with Gasteiger partial charge in [0.2, 0.25) is 0 Å². The van der Waals surface area contributed by atoms with E-state index in [0.29, 0.717) is 5.56 Å². The number of nitrogens with two attached hydrogens (primary N) is 1. The van der Waals surface area contributed by atoms with E-state index < -0.39 is 5.54 Å². The first-order valence-corrected chi connectivity index (χ1v) is 8.67. The van der Waals surface area contributed by atoms with E-state index in [9.17, 15) is 4.79 Å². The summed E-state index contributed by atoms with van der Waals surface area (Å²) in [5.41, 5.74) is 7.67. The van der Waals surface area contributed by atoms with Crippen molar-refractivity contribution in [3.8, 4) is 17.2 Å². The number of amides is 1. The maximum atomic E-state index is 12.9. The van der Waals surface area contributed by atoms with Crippen molar-refractivity contribution in [1.82, 2.24) is 4.90 Å². The van der Waals surface area contributed by atoms with Crippen LogP contribution >= 0.6 is 11.3 Å². The van der Waals surface area contributed by atoms with Gasteiger partial charge in [0, 0.05) is 11.9 Å². The lowest BCUT2D eigenvalue weighted by atomic mass is 9.90. The number of guanidine groups is 1. The average molecular weight is 336 g/mol. The summed E-state index contributed by atoms with van der Waals surface area (Å²) in [5, 5.41) is 11.1. The lowest BCUT2D eigenvalue weighted by Crippen LogP contribution is -2.41. The Bertz CT molecular complexity index is 906. The van der Waals surface area contributed by atoms with Gasteiger partial charge < -0.3 is 5.73 Å². The van der Waals surface area contributed by atoms with Crippen LogP contribution in [0.15, 0.2) is 40.7 Å². The average Bonchev–Trinajstić information content (AvgIpc) is 3.29. The van der Waals surface area contributed by atoms with Gasteiger partial charge in [-0.05, 0) is 53.5 Å². The molecular formula is C18H16N4OS. The Hall–Kier alpha value is -2.65. The Morgan fingerprint density at radius 3 is 2.79 bits per heavy atom. The third-order valence-electron chi connectivity index (χ3n) is 4.73. The van der Waals surface area contributed by atoms with Crippen molar-refractivity contribution in [3.05, 3.63) is 46.2 Å². The first kappa shape index (κ1) is 14.9. The first-order valence-electron chi connectivity index (χ1n) is 7.79. The fourth-order valence-electron chi connectivity index (χ4n) is 3.25. The minimum absolute atomic E-state index is 0.0401. The number of aliphatic imine (C=N–C) groups is 1. The van der Waals surface area contributed by atoms with Crippen molar-refractivity contribution in [2.24, 2.45) is 16.6 Å². The molecule has 2 aromatic rings. The van der Waals surface area contributed by atoms with Gasteiger partial charge in [0.25, 0.3) is 5.91 Å². The number of benzene rings is 1. The predicted molar refractivity (Wildman–Crippen MR) is 93.3 cm³/mol. The molecule has 0 spiro atoms. The van der Waals surface area contributed by atoms with E-state index in [1.165, 1.54) is 16.2 Å². The van der Waals surface area contributed by atoms with Gasteiger partial charge in [-0.3, -0.25) is 9.69 Å². The van der Waals surface area contributed by atoms with Gasteiger partial charge in [-0.15, -0.1) is 11.3 Å². The third kappa shape index (κ3) is 2.05. The van der Waals surface area contributed by atoms with Gasteiger partial charge in [-0.1, -0.05) is 12.1 Å². The lowest BCUT2D eigenvalue weighted by Gasteiger charge is -2.23. The van der Waals surface area contributed by atoms with Crippen LogP contribution in [-0.4, -0.2) is 23.8 Å². The third-order valence-corrected chi connectivity index (χ3v) is 5.79. The zero-order valence-electron chi connectivity index (χ0n) is 13.2. The zero-order chi connectivity index (χ0) is 16.9. The molecule has 120 valence electrons. The monoisotopic (exact) mass is 336 g/mol. The molecule has 1 amide bonds. The summed E-state index contributed by atoms with van der Waals surface area (Å²) in [6.07, 6.45) is 1.99. The van der Waals surface area contributed by atoms with Crippen molar-refractivity contribution in [3.63, 3.8) is 0 Å². The first-order chi connectivity index (χ1) is 11.6. The van der Waals surface area contributed by atoms with E-state index in [1.807, 2.05) is 29.6 Å².